The van der Waals surface area contributed by atoms with Crippen molar-refractivity contribution in [3.05, 3.63) is 41.4 Å². The Bertz CT molecular complexity index is 765. The lowest BCUT2D eigenvalue weighted by molar-refractivity contribution is 0.163. The van der Waals surface area contributed by atoms with Crippen LogP contribution >= 0.6 is 0 Å². The Morgan fingerprint density at radius 3 is 2.68 bits per heavy atom. The van der Waals surface area contributed by atoms with Crippen LogP contribution in [0.5, 0.6) is 0 Å². The van der Waals surface area contributed by atoms with Gasteiger partial charge in [-0.05, 0) is 57.8 Å². The van der Waals surface area contributed by atoms with E-state index in [1.54, 1.807) is 0 Å². The molecule has 0 aliphatic carbocycles. The van der Waals surface area contributed by atoms with Crippen LogP contribution in [0.2, 0.25) is 0 Å². The molecule has 154 valence electrons. The molecule has 7 nitrogen and oxygen atoms in total. The van der Waals surface area contributed by atoms with Crippen molar-refractivity contribution in [3.8, 4) is 0 Å². The second-order valence-electron chi connectivity index (χ2n) is 7.86. The van der Waals surface area contributed by atoms with Crippen LogP contribution in [-0.2, 0) is 20.1 Å². The third-order valence-corrected chi connectivity index (χ3v) is 5.71. The summed E-state index contributed by atoms with van der Waals surface area (Å²) in [7, 11) is 6.02. The summed E-state index contributed by atoms with van der Waals surface area (Å²) in [4.78, 5) is 13.6. The van der Waals surface area contributed by atoms with E-state index >= 15 is 0 Å². The van der Waals surface area contributed by atoms with Gasteiger partial charge in [-0.2, -0.15) is 0 Å². The molecule has 0 unspecified atom stereocenters. The summed E-state index contributed by atoms with van der Waals surface area (Å²) in [5.74, 6) is 3.40. The van der Waals surface area contributed by atoms with E-state index < -0.39 is 0 Å². The molecule has 0 saturated carbocycles. The SMILES string of the molecule is CN=C(NCC1CCN(Cc2nc(C)c(C)o2)CC1)N(C)Cc1cccn1C. The average molecular weight is 387 g/mol. The number of oxazole rings is 1. The number of aromatic nitrogens is 2. The van der Waals surface area contributed by atoms with E-state index in [0.29, 0.717) is 5.92 Å². The van der Waals surface area contributed by atoms with Crippen molar-refractivity contribution in [1.29, 1.82) is 0 Å². The Morgan fingerprint density at radius 1 is 1.36 bits per heavy atom. The molecule has 1 saturated heterocycles. The van der Waals surface area contributed by atoms with Gasteiger partial charge in [0.15, 0.2) is 5.96 Å². The van der Waals surface area contributed by atoms with Gasteiger partial charge in [0.05, 0.1) is 18.8 Å². The number of aliphatic imine (C=N–C) groups is 1. The number of hydrogen-bond donors (Lipinski definition) is 1. The fourth-order valence-corrected chi connectivity index (χ4v) is 3.75. The lowest BCUT2D eigenvalue weighted by atomic mass is 9.97. The minimum Gasteiger partial charge on any atom is -0.444 e. The minimum atomic E-state index is 0.671. The van der Waals surface area contributed by atoms with Crippen molar-refractivity contribution in [3.63, 3.8) is 0 Å². The number of nitrogens with one attached hydrogen (secondary N) is 1. The van der Waals surface area contributed by atoms with E-state index in [2.05, 4.69) is 62.1 Å². The lowest BCUT2D eigenvalue weighted by Crippen LogP contribution is -2.43. The van der Waals surface area contributed by atoms with Crippen molar-refractivity contribution in [2.24, 2.45) is 18.0 Å². The molecule has 2 aromatic rings. The summed E-state index contributed by atoms with van der Waals surface area (Å²) in [5, 5.41) is 3.56. The zero-order valence-electron chi connectivity index (χ0n) is 17.9. The van der Waals surface area contributed by atoms with Crippen LogP contribution < -0.4 is 5.32 Å². The van der Waals surface area contributed by atoms with Crippen LogP contribution in [0.3, 0.4) is 0 Å². The molecule has 0 aromatic carbocycles. The third kappa shape index (κ3) is 5.16. The molecule has 1 aliphatic rings. The molecule has 0 bridgehead atoms. The van der Waals surface area contributed by atoms with Gasteiger partial charge in [-0.1, -0.05) is 0 Å². The molecule has 3 rings (SSSR count). The fraction of sp³-hybridized carbons (Fsp3) is 0.619. The molecular weight excluding hydrogens is 352 g/mol. The van der Waals surface area contributed by atoms with Crippen LogP contribution in [0.15, 0.2) is 27.7 Å². The molecule has 0 radical (unpaired) electrons. The lowest BCUT2D eigenvalue weighted by Gasteiger charge is -2.32. The normalized spacial score (nSPS) is 16.5. The smallest absolute Gasteiger partial charge is 0.208 e. The second-order valence-corrected chi connectivity index (χ2v) is 7.86. The molecule has 1 fully saturated rings. The van der Waals surface area contributed by atoms with Crippen LogP contribution in [0.1, 0.15) is 35.9 Å². The van der Waals surface area contributed by atoms with Crippen LogP contribution in [0, 0.1) is 19.8 Å². The maximum Gasteiger partial charge on any atom is 0.208 e. The first-order valence-corrected chi connectivity index (χ1v) is 10.1. The average Bonchev–Trinajstić information content (AvgIpc) is 3.21. The van der Waals surface area contributed by atoms with E-state index in [1.807, 2.05) is 20.9 Å². The number of nitrogens with zero attached hydrogens (tertiary/aromatic N) is 5. The van der Waals surface area contributed by atoms with E-state index in [4.69, 9.17) is 4.42 Å². The molecule has 3 heterocycles. The molecule has 1 N–H and O–H groups in total. The first-order valence-electron chi connectivity index (χ1n) is 10.1. The summed E-state index contributed by atoms with van der Waals surface area (Å²) >= 11 is 0. The van der Waals surface area contributed by atoms with Gasteiger partial charge in [0.1, 0.15) is 5.76 Å². The summed E-state index contributed by atoms with van der Waals surface area (Å²) in [5.41, 5.74) is 2.27. The van der Waals surface area contributed by atoms with Crippen molar-refractivity contribution in [1.82, 2.24) is 24.7 Å². The molecule has 7 heteroatoms. The van der Waals surface area contributed by atoms with Gasteiger partial charge >= 0.3 is 0 Å². The Morgan fingerprint density at radius 2 is 2.11 bits per heavy atom. The van der Waals surface area contributed by atoms with Gasteiger partial charge in [0, 0.05) is 39.6 Å². The fourth-order valence-electron chi connectivity index (χ4n) is 3.75. The van der Waals surface area contributed by atoms with E-state index in [-0.39, 0.29) is 0 Å². The Balaban J connectivity index is 1.42. The highest BCUT2D eigenvalue weighted by Crippen LogP contribution is 2.19. The summed E-state index contributed by atoms with van der Waals surface area (Å²) < 4.78 is 7.88. The van der Waals surface area contributed by atoms with Gasteiger partial charge < -0.3 is 19.2 Å². The van der Waals surface area contributed by atoms with Gasteiger partial charge in [-0.3, -0.25) is 9.89 Å². The maximum atomic E-state index is 5.73. The zero-order valence-corrected chi connectivity index (χ0v) is 17.9. The highest BCUT2D eigenvalue weighted by atomic mass is 16.4. The van der Waals surface area contributed by atoms with Crippen LogP contribution in [0.4, 0.5) is 0 Å². The molecule has 28 heavy (non-hydrogen) atoms. The highest BCUT2D eigenvalue weighted by Gasteiger charge is 2.21. The van der Waals surface area contributed by atoms with E-state index in [9.17, 15) is 0 Å². The Hall–Kier alpha value is -2.28. The first kappa shape index (κ1) is 20.5. The standard InChI is InChI=1S/C21H34N6O/c1-16-17(2)28-20(24-16)15-27-11-8-18(9-12-27)13-23-21(22-3)26(5)14-19-7-6-10-25(19)4/h6-7,10,18H,8-9,11-15H2,1-5H3,(H,22,23). The summed E-state index contributed by atoms with van der Waals surface area (Å²) in [6.07, 6.45) is 4.45. The van der Waals surface area contributed by atoms with Gasteiger partial charge in [-0.15, -0.1) is 0 Å². The first-order chi connectivity index (χ1) is 13.5. The zero-order chi connectivity index (χ0) is 20.1. The number of hydrogen-bond acceptors (Lipinski definition) is 4. The number of rotatable bonds is 6. The van der Waals surface area contributed by atoms with Crippen molar-refractivity contribution >= 4 is 5.96 Å². The van der Waals surface area contributed by atoms with Crippen LogP contribution in [0.25, 0.3) is 0 Å². The molecule has 1 aliphatic heterocycles. The van der Waals surface area contributed by atoms with Crippen molar-refractivity contribution in [2.45, 2.75) is 39.8 Å². The minimum absolute atomic E-state index is 0.671. The van der Waals surface area contributed by atoms with Crippen molar-refractivity contribution < 1.29 is 4.42 Å². The van der Waals surface area contributed by atoms with Gasteiger partial charge in [0.25, 0.3) is 0 Å². The Labute approximate surface area is 168 Å². The van der Waals surface area contributed by atoms with Gasteiger partial charge in [-0.25, -0.2) is 4.98 Å². The molecule has 0 atom stereocenters. The monoisotopic (exact) mass is 386 g/mol. The predicted octanol–water partition coefficient (Wildman–Crippen LogP) is 2.55. The van der Waals surface area contributed by atoms with Crippen LogP contribution in [-0.4, -0.2) is 59.0 Å². The summed E-state index contributed by atoms with van der Waals surface area (Å²) in [6, 6.07) is 4.23. The van der Waals surface area contributed by atoms with E-state index in [0.717, 1.165) is 56.0 Å². The predicted molar refractivity (Wildman–Crippen MR) is 112 cm³/mol. The largest absolute Gasteiger partial charge is 0.444 e. The van der Waals surface area contributed by atoms with Crippen molar-refractivity contribution in [2.75, 3.05) is 33.7 Å². The molecule has 0 spiro atoms. The maximum absolute atomic E-state index is 5.73. The third-order valence-electron chi connectivity index (χ3n) is 5.71. The number of guanidine groups is 1. The number of aryl methyl sites for hydroxylation is 3. The molecular formula is C21H34N6O. The number of piperidine rings is 1. The quantitative estimate of drug-likeness (QED) is 0.611. The Kier molecular flexibility index (Phi) is 6.78. The molecule has 2 aromatic heterocycles. The highest BCUT2D eigenvalue weighted by molar-refractivity contribution is 5.79. The summed E-state index contributed by atoms with van der Waals surface area (Å²) in [6.45, 7) is 8.78. The van der Waals surface area contributed by atoms with Gasteiger partial charge in [0.2, 0.25) is 5.89 Å². The molecule has 0 amide bonds. The number of likely N-dealkylation sites (tertiary alicyclic amines) is 1. The second kappa shape index (κ2) is 9.28. The van der Waals surface area contributed by atoms with E-state index in [1.165, 1.54) is 18.5 Å². The topological polar surface area (TPSA) is 61.8 Å².